The minimum absolute atomic E-state index is 0.0484. The lowest BCUT2D eigenvalue weighted by Gasteiger charge is -2.12. The number of ether oxygens (including phenoxy) is 1. The SMILES string of the molecule is CCS(=O)(=O)CCOc1c(C)cc(N)cc1C. The number of nitrogen functional groups attached to an aromatic ring is 1. The van der Waals surface area contributed by atoms with Crippen LogP contribution in [0.25, 0.3) is 0 Å². The highest BCUT2D eigenvalue weighted by molar-refractivity contribution is 7.91. The second-order valence-electron chi connectivity index (χ2n) is 4.07. The minimum Gasteiger partial charge on any atom is -0.492 e. The van der Waals surface area contributed by atoms with Crippen molar-refractivity contribution < 1.29 is 13.2 Å². The zero-order chi connectivity index (χ0) is 13.1. The van der Waals surface area contributed by atoms with Gasteiger partial charge in [0.1, 0.15) is 12.4 Å². The molecule has 17 heavy (non-hydrogen) atoms. The van der Waals surface area contributed by atoms with E-state index in [4.69, 9.17) is 10.5 Å². The fourth-order valence-electron chi connectivity index (χ4n) is 1.63. The van der Waals surface area contributed by atoms with Crippen LogP contribution in [0.3, 0.4) is 0 Å². The van der Waals surface area contributed by atoms with Crippen molar-refractivity contribution in [3.05, 3.63) is 23.3 Å². The van der Waals surface area contributed by atoms with Gasteiger partial charge in [-0.1, -0.05) is 6.92 Å². The molecule has 0 radical (unpaired) electrons. The molecule has 0 aromatic heterocycles. The van der Waals surface area contributed by atoms with Gasteiger partial charge in [-0.15, -0.1) is 0 Å². The fraction of sp³-hybridized carbons (Fsp3) is 0.500. The van der Waals surface area contributed by atoms with Crippen molar-refractivity contribution >= 4 is 15.5 Å². The Balaban J connectivity index is 2.71. The first kappa shape index (κ1) is 13.8. The molecule has 0 unspecified atom stereocenters. The lowest BCUT2D eigenvalue weighted by molar-refractivity contribution is 0.336. The van der Waals surface area contributed by atoms with E-state index < -0.39 is 9.84 Å². The third kappa shape index (κ3) is 3.93. The van der Waals surface area contributed by atoms with Gasteiger partial charge in [-0.25, -0.2) is 8.42 Å². The summed E-state index contributed by atoms with van der Waals surface area (Å²) in [4.78, 5) is 0. The quantitative estimate of drug-likeness (QED) is 0.815. The van der Waals surface area contributed by atoms with Crippen LogP contribution >= 0.6 is 0 Å². The third-order valence-electron chi connectivity index (χ3n) is 2.56. The van der Waals surface area contributed by atoms with Gasteiger partial charge in [-0.3, -0.25) is 0 Å². The lowest BCUT2D eigenvalue weighted by atomic mass is 10.1. The number of nitrogens with two attached hydrogens (primary N) is 1. The molecule has 0 spiro atoms. The van der Waals surface area contributed by atoms with Crippen molar-refractivity contribution in [1.82, 2.24) is 0 Å². The molecule has 0 aliphatic heterocycles. The van der Waals surface area contributed by atoms with Gasteiger partial charge in [0, 0.05) is 11.4 Å². The summed E-state index contributed by atoms with van der Waals surface area (Å²) in [6.45, 7) is 5.61. The Morgan fingerprint density at radius 3 is 2.24 bits per heavy atom. The average molecular weight is 257 g/mol. The van der Waals surface area contributed by atoms with E-state index in [9.17, 15) is 8.42 Å². The maximum atomic E-state index is 11.3. The van der Waals surface area contributed by atoms with Gasteiger partial charge in [-0.2, -0.15) is 0 Å². The van der Waals surface area contributed by atoms with Crippen LogP contribution in [0.4, 0.5) is 5.69 Å². The van der Waals surface area contributed by atoms with Crippen LogP contribution in [0.5, 0.6) is 5.75 Å². The average Bonchev–Trinajstić information content (AvgIpc) is 2.22. The van der Waals surface area contributed by atoms with Crippen LogP contribution in [0, 0.1) is 13.8 Å². The number of benzene rings is 1. The van der Waals surface area contributed by atoms with E-state index in [-0.39, 0.29) is 18.1 Å². The monoisotopic (exact) mass is 257 g/mol. The summed E-state index contributed by atoms with van der Waals surface area (Å²) in [5.41, 5.74) is 8.24. The molecular formula is C12H19NO3S. The van der Waals surface area contributed by atoms with E-state index in [2.05, 4.69) is 0 Å². The molecule has 0 heterocycles. The maximum absolute atomic E-state index is 11.3. The Hall–Kier alpha value is -1.23. The van der Waals surface area contributed by atoms with Crippen molar-refractivity contribution in [3.63, 3.8) is 0 Å². The van der Waals surface area contributed by atoms with Crippen LogP contribution < -0.4 is 10.5 Å². The molecule has 2 N–H and O–H groups in total. The van der Waals surface area contributed by atoms with Crippen molar-refractivity contribution in [2.45, 2.75) is 20.8 Å². The van der Waals surface area contributed by atoms with Gasteiger partial charge in [0.25, 0.3) is 0 Å². The highest BCUT2D eigenvalue weighted by atomic mass is 32.2. The van der Waals surface area contributed by atoms with Gasteiger partial charge in [-0.05, 0) is 37.1 Å². The zero-order valence-electron chi connectivity index (χ0n) is 10.5. The lowest BCUT2D eigenvalue weighted by Crippen LogP contribution is -2.16. The first-order valence-corrected chi connectivity index (χ1v) is 7.38. The molecule has 96 valence electrons. The number of aryl methyl sites for hydroxylation is 2. The summed E-state index contributed by atoms with van der Waals surface area (Å²) in [5.74, 6) is 0.925. The molecule has 5 heteroatoms. The van der Waals surface area contributed by atoms with Crippen LogP contribution in [0.1, 0.15) is 18.1 Å². The van der Waals surface area contributed by atoms with Gasteiger partial charge in [0.15, 0.2) is 9.84 Å². The Bertz CT molecular complexity index is 471. The standard InChI is InChI=1S/C12H19NO3S/c1-4-17(14,15)6-5-16-12-9(2)7-11(13)8-10(12)3/h7-8H,4-6,13H2,1-3H3. The third-order valence-corrected chi connectivity index (χ3v) is 4.23. The van der Waals surface area contributed by atoms with Crippen LogP contribution in [0.15, 0.2) is 12.1 Å². The van der Waals surface area contributed by atoms with Crippen molar-refractivity contribution in [2.24, 2.45) is 0 Å². The summed E-state index contributed by atoms with van der Waals surface area (Å²) in [5, 5.41) is 0. The number of hydrogen-bond donors (Lipinski definition) is 1. The summed E-state index contributed by atoms with van der Waals surface area (Å²) in [6.07, 6.45) is 0. The highest BCUT2D eigenvalue weighted by Crippen LogP contribution is 2.25. The summed E-state index contributed by atoms with van der Waals surface area (Å²) >= 11 is 0. The molecule has 0 amide bonds. The molecule has 1 aromatic rings. The molecule has 1 rings (SSSR count). The molecule has 0 bridgehead atoms. The summed E-state index contributed by atoms with van der Waals surface area (Å²) < 4.78 is 28.2. The van der Waals surface area contributed by atoms with Crippen LogP contribution in [0.2, 0.25) is 0 Å². The number of sulfone groups is 1. The first-order valence-electron chi connectivity index (χ1n) is 5.55. The molecule has 1 aromatic carbocycles. The smallest absolute Gasteiger partial charge is 0.153 e. The number of rotatable bonds is 5. The Morgan fingerprint density at radius 1 is 1.24 bits per heavy atom. The fourth-order valence-corrected chi connectivity index (χ4v) is 2.25. The molecule has 4 nitrogen and oxygen atoms in total. The first-order chi connectivity index (χ1) is 7.85. The van der Waals surface area contributed by atoms with Gasteiger partial charge >= 0.3 is 0 Å². The molecule has 0 aliphatic rings. The minimum atomic E-state index is -2.97. The topological polar surface area (TPSA) is 69.4 Å². The molecule has 0 atom stereocenters. The summed E-state index contributed by atoms with van der Waals surface area (Å²) in [6, 6.07) is 3.63. The second-order valence-corrected chi connectivity index (χ2v) is 6.54. The molecule has 0 aliphatic carbocycles. The Morgan fingerprint density at radius 2 is 1.76 bits per heavy atom. The van der Waals surface area contributed by atoms with Crippen molar-refractivity contribution in [1.29, 1.82) is 0 Å². The molecular weight excluding hydrogens is 238 g/mol. The molecule has 0 saturated heterocycles. The summed E-state index contributed by atoms with van der Waals surface area (Å²) in [7, 11) is -2.97. The molecule has 0 fully saturated rings. The molecule has 0 saturated carbocycles. The Kier molecular flexibility index (Phi) is 4.40. The van der Waals surface area contributed by atoms with Crippen LogP contribution in [-0.2, 0) is 9.84 Å². The number of anilines is 1. The van der Waals surface area contributed by atoms with Crippen molar-refractivity contribution in [3.8, 4) is 5.75 Å². The predicted octanol–water partition coefficient (Wildman–Crippen LogP) is 1.70. The van der Waals surface area contributed by atoms with Gasteiger partial charge < -0.3 is 10.5 Å². The van der Waals surface area contributed by atoms with E-state index in [1.54, 1.807) is 6.92 Å². The van der Waals surface area contributed by atoms with E-state index >= 15 is 0 Å². The van der Waals surface area contributed by atoms with E-state index in [1.165, 1.54) is 0 Å². The highest BCUT2D eigenvalue weighted by Gasteiger charge is 2.10. The number of hydrogen-bond acceptors (Lipinski definition) is 4. The predicted molar refractivity (Wildman–Crippen MR) is 70.2 cm³/mol. The Labute approximate surface area is 103 Å². The van der Waals surface area contributed by atoms with E-state index in [0.717, 1.165) is 16.9 Å². The van der Waals surface area contributed by atoms with Gasteiger partial charge in [0.05, 0.1) is 5.75 Å². The van der Waals surface area contributed by atoms with E-state index in [1.807, 2.05) is 26.0 Å². The zero-order valence-corrected chi connectivity index (χ0v) is 11.3. The second kappa shape index (κ2) is 5.40. The maximum Gasteiger partial charge on any atom is 0.153 e. The van der Waals surface area contributed by atoms with Crippen molar-refractivity contribution in [2.75, 3.05) is 23.8 Å². The largest absolute Gasteiger partial charge is 0.492 e. The van der Waals surface area contributed by atoms with E-state index in [0.29, 0.717) is 5.69 Å². The normalized spacial score (nSPS) is 11.5. The van der Waals surface area contributed by atoms with Gasteiger partial charge in [0.2, 0.25) is 0 Å². The van der Waals surface area contributed by atoms with Crippen LogP contribution in [-0.4, -0.2) is 26.5 Å².